The van der Waals surface area contributed by atoms with Gasteiger partial charge in [0, 0.05) is 28.5 Å². The zero-order valence-corrected chi connectivity index (χ0v) is 23.3. The number of benzene rings is 3. The van der Waals surface area contributed by atoms with E-state index in [1.807, 2.05) is 30.3 Å². The van der Waals surface area contributed by atoms with Gasteiger partial charge in [-0.3, -0.25) is 14.9 Å². The summed E-state index contributed by atoms with van der Waals surface area (Å²) in [5.41, 5.74) is 2.84. The van der Waals surface area contributed by atoms with Gasteiger partial charge in [-0.15, -0.1) is 5.10 Å². The summed E-state index contributed by atoms with van der Waals surface area (Å²) in [7, 11) is 1.27. The van der Waals surface area contributed by atoms with Gasteiger partial charge in [-0.1, -0.05) is 65.7 Å². The van der Waals surface area contributed by atoms with E-state index < -0.39 is 23.9 Å². The summed E-state index contributed by atoms with van der Waals surface area (Å²) in [5, 5.41) is 13.7. The fourth-order valence-electron chi connectivity index (χ4n) is 4.00. The van der Waals surface area contributed by atoms with Crippen LogP contribution in [0.15, 0.2) is 78.9 Å². The van der Waals surface area contributed by atoms with Crippen LogP contribution in [0.2, 0.25) is 10.2 Å². The molecule has 41 heavy (non-hydrogen) atoms. The van der Waals surface area contributed by atoms with Gasteiger partial charge in [-0.05, 0) is 54.5 Å². The molecule has 1 atom stereocenters. The molecule has 3 aromatic carbocycles. The Labute approximate surface area is 245 Å². The minimum Gasteiger partial charge on any atom is -0.453 e. The maximum absolute atomic E-state index is 14.7. The second-order valence-corrected chi connectivity index (χ2v) is 9.50. The maximum atomic E-state index is 14.7. The minimum atomic E-state index is -0.802. The number of hydrogen-bond acceptors (Lipinski definition) is 6. The molecular formula is C30H23Cl2FN4O4. The van der Waals surface area contributed by atoms with E-state index in [4.69, 9.17) is 23.2 Å². The van der Waals surface area contributed by atoms with Crippen LogP contribution in [0.1, 0.15) is 40.1 Å². The number of anilines is 1. The Bertz CT molecular complexity index is 1630. The first kappa shape index (κ1) is 29.4. The highest BCUT2D eigenvalue weighted by Crippen LogP contribution is 2.31. The molecule has 0 bridgehead atoms. The van der Waals surface area contributed by atoms with Crippen molar-refractivity contribution in [1.82, 2.24) is 15.5 Å². The van der Waals surface area contributed by atoms with Gasteiger partial charge in [0.15, 0.2) is 10.9 Å². The number of carbonyl (C=O) groups excluding carboxylic acids is 3. The van der Waals surface area contributed by atoms with Crippen LogP contribution in [0.5, 0.6) is 0 Å². The minimum absolute atomic E-state index is 0.0879. The number of methoxy groups -OCH3 is 1. The number of ether oxygens (including phenoxy) is 1. The summed E-state index contributed by atoms with van der Waals surface area (Å²) in [6.07, 6.45) is 1.72. The van der Waals surface area contributed by atoms with E-state index in [1.54, 1.807) is 30.3 Å². The Morgan fingerprint density at radius 2 is 1.68 bits per heavy atom. The third-order valence-electron chi connectivity index (χ3n) is 6.02. The van der Waals surface area contributed by atoms with Gasteiger partial charge >= 0.3 is 6.09 Å². The molecule has 1 unspecified atom stereocenters. The van der Waals surface area contributed by atoms with Crippen LogP contribution in [0, 0.1) is 5.82 Å². The number of rotatable bonds is 8. The first-order valence-corrected chi connectivity index (χ1v) is 12.9. The number of hydrogen-bond donors (Lipinski definition) is 2. The van der Waals surface area contributed by atoms with Gasteiger partial charge in [-0.25, -0.2) is 9.18 Å². The molecule has 4 rings (SSSR count). The van der Waals surface area contributed by atoms with E-state index in [-0.39, 0.29) is 27.1 Å². The predicted octanol–water partition coefficient (Wildman–Crippen LogP) is 6.89. The molecule has 0 aliphatic heterocycles. The molecule has 1 aromatic heterocycles. The average molecular weight is 593 g/mol. The van der Waals surface area contributed by atoms with E-state index in [2.05, 4.69) is 25.6 Å². The molecule has 0 saturated heterocycles. The van der Waals surface area contributed by atoms with Crippen LogP contribution in [0.25, 0.3) is 17.2 Å². The summed E-state index contributed by atoms with van der Waals surface area (Å²) >= 11 is 12.3. The van der Waals surface area contributed by atoms with Crippen LogP contribution < -0.4 is 10.6 Å². The molecule has 8 nitrogen and oxygen atoms in total. The van der Waals surface area contributed by atoms with Gasteiger partial charge in [0.1, 0.15) is 5.82 Å². The highest BCUT2D eigenvalue weighted by atomic mass is 35.5. The Balaban J connectivity index is 1.66. The standard InChI is InChI=1S/C30H23Cl2FN4O4/c1-17(38)21-12-14-24(31)27(33)22(21)13-15-26(39)35-28(19-6-4-3-5-7-19)25-16-23(29(32)37-36-25)18-8-10-20(11-9-18)34-30(40)41-2/h3-16,28H,1-2H3,(H,34,40)(H,35,39)/b15-13+. The Hall–Kier alpha value is -4.60. The highest BCUT2D eigenvalue weighted by molar-refractivity contribution is 6.32. The molecule has 2 N–H and O–H groups in total. The van der Waals surface area contributed by atoms with Gasteiger partial charge in [0.2, 0.25) is 5.91 Å². The molecule has 0 radical (unpaired) electrons. The lowest BCUT2D eigenvalue weighted by molar-refractivity contribution is -0.116. The van der Waals surface area contributed by atoms with Crippen molar-refractivity contribution in [3.63, 3.8) is 0 Å². The van der Waals surface area contributed by atoms with Crippen molar-refractivity contribution >= 4 is 52.7 Å². The Morgan fingerprint density at radius 1 is 0.976 bits per heavy atom. The molecular weight excluding hydrogens is 570 g/mol. The van der Waals surface area contributed by atoms with Crippen molar-refractivity contribution in [2.75, 3.05) is 12.4 Å². The van der Waals surface area contributed by atoms with E-state index in [0.717, 1.165) is 6.08 Å². The van der Waals surface area contributed by atoms with Crippen molar-refractivity contribution < 1.29 is 23.5 Å². The number of carbonyl (C=O) groups is 3. The van der Waals surface area contributed by atoms with Crippen LogP contribution in [0.3, 0.4) is 0 Å². The molecule has 208 valence electrons. The fraction of sp³-hybridized carbons (Fsp3) is 0.100. The number of aromatic nitrogens is 2. The number of Topliss-reactive ketones (excluding diaryl/α,β-unsaturated/α-hetero) is 1. The third-order valence-corrected chi connectivity index (χ3v) is 6.60. The molecule has 0 spiro atoms. The molecule has 0 aliphatic rings. The van der Waals surface area contributed by atoms with Gasteiger partial charge in [0.25, 0.3) is 0 Å². The Morgan fingerprint density at radius 3 is 2.34 bits per heavy atom. The number of nitrogens with zero attached hydrogens (tertiary/aromatic N) is 2. The van der Waals surface area contributed by atoms with Crippen LogP contribution in [-0.2, 0) is 9.53 Å². The van der Waals surface area contributed by atoms with Crippen molar-refractivity contribution in [3.8, 4) is 11.1 Å². The second kappa shape index (κ2) is 13.2. The number of ketones is 1. The lowest BCUT2D eigenvalue weighted by Crippen LogP contribution is -2.28. The molecule has 2 amide bonds. The van der Waals surface area contributed by atoms with Crippen molar-refractivity contribution in [2.24, 2.45) is 0 Å². The highest BCUT2D eigenvalue weighted by Gasteiger charge is 2.21. The quantitative estimate of drug-likeness (QED) is 0.170. The van der Waals surface area contributed by atoms with Gasteiger partial charge in [0.05, 0.1) is 23.9 Å². The Kier molecular flexibility index (Phi) is 9.44. The fourth-order valence-corrected chi connectivity index (χ4v) is 4.36. The lowest BCUT2D eigenvalue weighted by Gasteiger charge is -2.19. The molecule has 1 heterocycles. The monoisotopic (exact) mass is 592 g/mol. The second-order valence-electron chi connectivity index (χ2n) is 8.73. The van der Waals surface area contributed by atoms with Crippen molar-refractivity contribution in [1.29, 1.82) is 0 Å². The summed E-state index contributed by atoms with van der Waals surface area (Å²) < 4.78 is 19.3. The first-order chi connectivity index (χ1) is 19.7. The summed E-state index contributed by atoms with van der Waals surface area (Å²) in [4.78, 5) is 36.5. The number of nitrogens with one attached hydrogen (secondary N) is 2. The van der Waals surface area contributed by atoms with Crippen LogP contribution in [0.4, 0.5) is 14.9 Å². The van der Waals surface area contributed by atoms with Crippen LogP contribution in [-0.4, -0.2) is 35.1 Å². The molecule has 4 aromatic rings. The van der Waals surface area contributed by atoms with Crippen molar-refractivity contribution in [2.45, 2.75) is 13.0 Å². The molecule has 0 saturated carbocycles. The molecule has 11 heteroatoms. The SMILES string of the molecule is COC(=O)Nc1ccc(-c2cc(C(NC(=O)/C=C/c3c(C(C)=O)ccc(Cl)c3F)c3ccccc3)nnc2Cl)cc1. The average Bonchev–Trinajstić information content (AvgIpc) is 2.97. The van der Waals surface area contributed by atoms with E-state index in [1.165, 1.54) is 32.2 Å². The predicted molar refractivity (Wildman–Crippen MR) is 155 cm³/mol. The molecule has 0 fully saturated rings. The zero-order valence-electron chi connectivity index (χ0n) is 21.8. The number of halogens is 3. The third kappa shape index (κ3) is 7.13. The normalized spacial score (nSPS) is 11.6. The van der Waals surface area contributed by atoms with E-state index in [9.17, 15) is 18.8 Å². The topological polar surface area (TPSA) is 110 Å². The summed E-state index contributed by atoms with van der Waals surface area (Å²) in [5.74, 6) is -1.76. The van der Waals surface area contributed by atoms with Gasteiger partial charge in [-0.2, -0.15) is 5.10 Å². The first-order valence-electron chi connectivity index (χ1n) is 12.2. The smallest absolute Gasteiger partial charge is 0.411 e. The largest absolute Gasteiger partial charge is 0.453 e. The number of amides is 2. The molecule has 0 aliphatic carbocycles. The van der Waals surface area contributed by atoms with Gasteiger partial charge < -0.3 is 10.1 Å². The van der Waals surface area contributed by atoms with Crippen LogP contribution >= 0.6 is 23.2 Å². The van der Waals surface area contributed by atoms with Crippen molar-refractivity contribution in [3.05, 3.63) is 117 Å². The summed E-state index contributed by atoms with van der Waals surface area (Å²) in [6, 6.07) is 19.5. The lowest BCUT2D eigenvalue weighted by atomic mass is 10.00. The summed E-state index contributed by atoms with van der Waals surface area (Å²) in [6.45, 7) is 1.30. The zero-order chi connectivity index (χ0) is 29.5. The maximum Gasteiger partial charge on any atom is 0.411 e. The van der Waals surface area contributed by atoms with E-state index >= 15 is 0 Å². The van der Waals surface area contributed by atoms with E-state index in [0.29, 0.717) is 28.1 Å².